The minimum atomic E-state index is -5.08. The Labute approximate surface area is 178 Å². The van der Waals surface area contributed by atoms with Crippen LogP contribution in [0.1, 0.15) is 29.6 Å². The third kappa shape index (κ3) is 6.33. The number of carboxylic acid groups (broad SMARTS) is 1. The number of alkyl halides is 3. The van der Waals surface area contributed by atoms with Gasteiger partial charge in [0.05, 0.1) is 6.61 Å². The number of likely N-dealkylation sites (N-methyl/N-ethyl adjacent to an activating group) is 1. The number of halogens is 4. The Morgan fingerprint density at radius 2 is 1.90 bits per heavy atom. The zero-order valence-corrected chi connectivity index (χ0v) is 17.7. The fraction of sp³-hybridized carbons (Fsp3) is 0.600. The van der Waals surface area contributed by atoms with Crippen LogP contribution in [0.2, 0.25) is 5.02 Å². The average molecular weight is 451 g/mol. The highest BCUT2D eigenvalue weighted by atomic mass is 35.5. The summed E-state index contributed by atoms with van der Waals surface area (Å²) in [6.07, 6.45) is -1.76. The smallest absolute Gasteiger partial charge is 0.475 e. The quantitative estimate of drug-likeness (QED) is 0.762. The standard InChI is InChI=1S/C18H25ClN2O2.C2HF3O2/c1-20-13-18(11-16(20)12-23-2)6-8-21(9-7-18)17(22)14-4-3-5-15(19)10-14;3-2(4,5)1(6)7/h3-5,10,16H,6-9,11-13H2,1-2H3;(H,6,7). The molecule has 0 aromatic heterocycles. The number of carboxylic acids is 1. The Bertz CT molecular complexity index is 752. The van der Waals surface area contributed by atoms with Gasteiger partial charge in [0, 0.05) is 43.4 Å². The predicted octanol–water partition coefficient (Wildman–Crippen LogP) is 3.55. The summed E-state index contributed by atoms with van der Waals surface area (Å²) in [7, 11) is 3.95. The summed E-state index contributed by atoms with van der Waals surface area (Å²) in [5.41, 5.74) is 1.04. The molecule has 1 amide bonds. The maximum atomic E-state index is 12.6. The van der Waals surface area contributed by atoms with Crippen LogP contribution in [0, 0.1) is 5.41 Å². The topological polar surface area (TPSA) is 70.1 Å². The number of hydrogen-bond donors (Lipinski definition) is 1. The molecule has 2 aliphatic heterocycles. The van der Waals surface area contributed by atoms with Gasteiger partial charge in [-0.3, -0.25) is 4.79 Å². The third-order valence-electron chi connectivity index (χ3n) is 5.66. The van der Waals surface area contributed by atoms with Gasteiger partial charge in [-0.05, 0) is 49.9 Å². The third-order valence-corrected chi connectivity index (χ3v) is 5.90. The van der Waals surface area contributed by atoms with Crippen molar-refractivity contribution in [3.63, 3.8) is 0 Å². The molecule has 0 radical (unpaired) electrons. The number of carbonyl (C=O) groups excluding carboxylic acids is 1. The zero-order chi connectivity index (χ0) is 22.5. The molecule has 0 saturated carbocycles. The summed E-state index contributed by atoms with van der Waals surface area (Å²) in [6.45, 7) is 3.57. The monoisotopic (exact) mass is 450 g/mol. The molecular formula is C20H26ClF3N2O4. The van der Waals surface area contributed by atoms with Crippen LogP contribution in [0.3, 0.4) is 0 Å². The minimum Gasteiger partial charge on any atom is -0.475 e. The lowest BCUT2D eigenvalue weighted by molar-refractivity contribution is -0.192. The largest absolute Gasteiger partial charge is 0.490 e. The summed E-state index contributed by atoms with van der Waals surface area (Å²) in [6, 6.07) is 7.74. The average Bonchev–Trinajstić information content (AvgIpc) is 2.97. The van der Waals surface area contributed by atoms with Crippen LogP contribution in [0.5, 0.6) is 0 Å². The van der Waals surface area contributed by atoms with Crippen LogP contribution in [0.15, 0.2) is 24.3 Å². The van der Waals surface area contributed by atoms with E-state index in [9.17, 15) is 18.0 Å². The lowest BCUT2D eigenvalue weighted by Gasteiger charge is -2.39. The summed E-state index contributed by atoms with van der Waals surface area (Å²) in [5, 5.41) is 7.74. The van der Waals surface area contributed by atoms with E-state index in [0.29, 0.717) is 22.0 Å². The number of benzene rings is 1. The second kappa shape index (κ2) is 9.98. The first kappa shape index (κ1) is 24.4. The second-order valence-corrected chi connectivity index (χ2v) is 8.27. The molecule has 3 rings (SSSR count). The molecule has 168 valence electrons. The van der Waals surface area contributed by atoms with E-state index in [1.54, 1.807) is 19.2 Å². The van der Waals surface area contributed by atoms with E-state index < -0.39 is 12.1 Å². The molecule has 0 bridgehead atoms. The number of hydrogen-bond acceptors (Lipinski definition) is 4. The zero-order valence-electron chi connectivity index (χ0n) is 16.9. The predicted molar refractivity (Wildman–Crippen MR) is 106 cm³/mol. The van der Waals surface area contributed by atoms with E-state index in [0.717, 1.165) is 39.1 Å². The summed E-state index contributed by atoms with van der Waals surface area (Å²) >= 11 is 6.00. The summed E-state index contributed by atoms with van der Waals surface area (Å²) < 4.78 is 37.1. The van der Waals surface area contributed by atoms with Gasteiger partial charge in [0.25, 0.3) is 5.91 Å². The summed E-state index contributed by atoms with van der Waals surface area (Å²) in [5.74, 6) is -2.66. The van der Waals surface area contributed by atoms with Crippen LogP contribution in [0.4, 0.5) is 13.2 Å². The first-order valence-corrected chi connectivity index (χ1v) is 9.89. The first-order valence-electron chi connectivity index (χ1n) is 9.51. The lowest BCUT2D eigenvalue weighted by Crippen LogP contribution is -2.44. The maximum absolute atomic E-state index is 12.6. The van der Waals surface area contributed by atoms with Crippen molar-refractivity contribution >= 4 is 23.5 Å². The Kier molecular flexibility index (Phi) is 8.13. The normalized spacial score (nSPS) is 21.3. The molecule has 1 unspecified atom stereocenters. The Morgan fingerprint density at radius 3 is 2.40 bits per heavy atom. The molecule has 0 aliphatic carbocycles. The highest BCUT2D eigenvalue weighted by Gasteiger charge is 2.44. The fourth-order valence-electron chi connectivity index (χ4n) is 4.11. The summed E-state index contributed by atoms with van der Waals surface area (Å²) in [4.78, 5) is 25.9. The molecule has 1 aromatic carbocycles. The van der Waals surface area contributed by atoms with Crippen molar-refractivity contribution in [3.05, 3.63) is 34.9 Å². The van der Waals surface area contributed by atoms with Gasteiger partial charge >= 0.3 is 12.1 Å². The lowest BCUT2D eigenvalue weighted by atomic mass is 9.76. The Morgan fingerprint density at radius 1 is 1.30 bits per heavy atom. The molecule has 2 saturated heterocycles. The number of nitrogens with zero attached hydrogens (tertiary/aromatic N) is 2. The molecule has 1 N–H and O–H groups in total. The van der Waals surface area contributed by atoms with E-state index in [1.165, 1.54) is 6.42 Å². The van der Waals surface area contributed by atoms with Gasteiger partial charge < -0.3 is 19.6 Å². The molecule has 6 nitrogen and oxygen atoms in total. The van der Waals surface area contributed by atoms with Crippen molar-refractivity contribution in [1.82, 2.24) is 9.80 Å². The second-order valence-electron chi connectivity index (χ2n) is 7.83. The molecule has 1 aromatic rings. The molecule has 10 heteroatoms. The molecule has 30 heavy (non-hydrogen) atoms. The SMILES string of the molecule is COCC1CC2(CCN(C(=O)c3cccc(Cl)c3)CC2)CN1C.O=C(O)C(F)(F)F. The molecule has 2 fully saturated rings. The Balaban J connectivity index is 0.000000396. The number of carbonyl (C=O) groups is 2. The molecule has 2 heterocycles. The van der Waals surface area contributed by atoms with Gasteiger partial charge in [-0.15, -0.1) is 0 Å². The number of ether oxygens (including phenoxy) is 1. The van der Waals surface area contributed by atoms with Crippen molar-refractivity contribution in [2.75, 3.05) is 40.4 Å². The van der Waals surface area contributed by atoms with Gasteiger partial charge in [0.2, 0.25) is 0 Å². The van der Waals surface area contributed by atoms with Crippen LogP contribution >= 0.6 is 11.6 Å². The molecule has 1 spiro atoms. The number of amides is 1. The van der Waals surface area contributed by atoms with Crippen molar-refractivity contribution in [3.8, 4) is 0 Å². The van der Waals surface area contributed by atoms with E-state index in [-0.39, 0.29) is 5.91 Å². The van der Waals surface area contributed by atoms with Crippen molar-refractivity contribution in [1.29, 1.82) is 0 Å². The maximum Gasteiger partial charge on any atom is 0.490 e. The van der Waals surface area contributed by atoms with Crippen LogP contribution in [-0.2, 0) is 9.53 Å². The van der Waals surface area contributed by atoms with E-state index in [4.69, 9.17) is 26.2 Å². The fourth-order valence-corrected chi connectivity index (χ4v) is 4.30. The van der Waals surface area contributed by atoms with Crippen LogP contribution in [0.25, 0.3) is 0 Å². The van der Waals surface area contributed by atoms with Crippen molar-refractivity contribution < 1.29 is 32.6 Å². The van der Waals surface area contributed by atoms with Gasteiger partial charge in [-0.25, -0.2) is 4.79 Å². The number of piperidine rings is 1. The highest BCUT2D eigenvalue weighted by molar-refractivity contribution is 6.30. The Hall–Kier alpha value is -1.84. The van der Waals surface area contributed by atoms with Gasteiger partial charge in [-0.2, -0.15) is 13.2 Å². The first-order chi connectivity index (χ1) is 14.0. The van der Waals surface area contributed by atoms with E-state index in [1.807, 2.05) is 17.0 Å². The number of likely N-dealkylation sites (tertiary alicyclic amines) is 2. The van der Waals surface area contributed by atoms with Crippen LogP contribution in [-0.4, -0.2) is 79.4 Å². The van der Waals surface area contributed by atoms with Gasteiger partial charge in [0.1, 0.15) is 0 Å². The molecule has 2 aliphatic rings. The number of aliphatic carboxylic acids is 1. The van der Waals surface area contributed by atoms with E-state index in [2.05, 4.69) is 11.9 Å². The molecular weight excluding hydrogens is 425 g/mol. The van der Waals surface area contributed by atoms with E-state index >= 15 is 0 Å². The van der Waals surface area contributed by atoms with Crippen molar-refractivity contribution in [2.45, 2.75) is 31.5 Å². The van der Waals surface area contributed by atoms with Gasteiger partial charge in [-0.1, -0.05) is 17.7 Å². The van der Waals surface area contributed by atoms with Crippen molar-refractivity contribution in [2.24, 2.45) is 5.41 Å². The van der Waals surface area contributed by atoms with Gasteiger partial charge in [0.15, 0.2) is 0 Å². The number of methoxy groups -OCH3 is 1. The highest BCUT2D eigenvalue weighted by Crippen LogP contribution is 2.43. The molecule has 1 atom stereocenters. The van der Waals surface area contributed by atoms with Crippen LogP contribution < -0.4 is 0 Å². The number of rotatable bonds is 3. The minimum absolute atomic E-state index is 0.0992.